The Kier molecular flexibility index (Phi) is 4.90. The molecule has 0 unspecified atom stereocenters. The average molecular weight is 173 g/mol. The van der Waals surface area contributed by atoms with E-state index in [0.29, 0.717) is 12.5 Å². The van der Waals surface area contributed by atoms with Gasteiger partial charge in [0.15, 0.2) is 0 Å². The fourth-order valence-corrected chi connectivity index (χ4v) is 0.617. The molecule has 0 saturated carbocycles. The van der Waals surface area contributed by atoms with Gasteiger partial charge < -0.3 is 10.5 Å². The summed E-state index contributed by atoms with van der Waals surface area (Å²) in [5, 5.41) is 0. The third-order valence-corrected chi connectivity index (χ3v) is 1.55. The molecule has 0 bridgehead atoms. The van der Waals surface area contributed by atoms with Crippen LogP contribution >= 0.6 is 0 Å². The van der Waals surface area contributed by atoms with Crippen molar-refractivity contribution >= 4 is 5.97 Å². The van der Waals surface area contributed by atoms with Crippen LogP contribution in [0.15, 0.2) is 0 Å². The number of ether oxygens (including phenoxy) is 1. The Bertz CT molecular complexity index is 143. The lowest BCUT2D eigenvalue weighted by atomic mass is 10.1. The first kappa shape index (κ1) is 11.4. The van der Waals surface area contributed by atoms with Gasteiger partial charge in [0.05, 0.1) is 6.61 Å². The molecule has 0 aliphatic carbocycles. The van der Waals surface area contributed by atoms with E-state index in [-0.39, 0.29) is 11.9 Å². The molecule has 0 aliphatic heterocycles. The normalized spacial score (nSPS) is 13.6. The minimum Gasteiger partial charge on any atom is -0.464 e. The average Bonchev–Trinajstić information content (AvgIpc) is 1.98. The third-order valence-electron chi connectivity index (χ3n) is 1.55. The van der Waals surface area contributed by atoms with Crippen molar-refractivity contribution < 1.29 is 9.53 Å². The number of carbonyl (C=O) groups is 1. The second-order valence-electron chi connectivity index (χ2n) is 3.79. The molecule has 0 radical (unpaired) electrons. The summed E-state index contributed by atoms with van der Waals surface area (Å²) in [5.41, 5.74) is 5.57. The minimum absolute atomic E-state index is 0.143. The predicted octanol–water partition coefficient (Wildman–Crippen LogP) is 1.17. The molecule has 0 aromatic heterocycles. The summed E-state index contributed by atoms with van der Waals surface area (Å²) in [6.07, 6.45) is 0. The molecule has 0 aromatic rings. The topological polar surface area (TPSA) is 52.3 Å². The molecule has 2 N–H and O–H groups in total. The van der Waals surface area contributed by atoms with Gasteiger partial charge in [0, 0.05) is 0 Å². The lowest BCUT2D eigenvalue weighted by Crippen LogP contribution is -2.37. The van der Waals surface area contributed by atoms with Gasteiger partial charge in [-0.15, -0.1) is 0 Å². The summed E-state index contributed by atoms with van der Waals surface area (Å²) in [6, 6.07) is -0.483. The zero-order chi connectivity index (χ0) is 9.72. The Hall–Kier alpha value is -0.570. The van der Waals surface area contributed by atoms with Crippen LogP contribution in [0, 0.1) is 11.8 Å². The number of hydrogen-bond donors (Lipinski definition) is 1. The van der Waals surface area contributed by atoms with Gasteiger partial charge in [-0.3, -0.25) is 4.79 Å². The number of nitrogens with two attached hydrogens (primary N) is 1. The SMILES string of the molecule is CC(C)COC(=O)[C@@H](N)C(C)C. The number of carbonyl (C=O) groups excluding carboxylic acids is 1. The molecule has 0 saturated heterocycles. The lowest BCUT2D eigenvalue weighted by molar-refractivity contribution is -0.147. The van der Waals surface area contributed by atoms with E-state index in [9.17, 15) is 4.79 Å². The van der Waals surface area contributed by atoms with E-state index >= 15 is 0 Å². The van der Waals surface area contributed by atoms with Crippen LogP contribution in [0.4, 0.5) is 0 Å². The van der Waals surface area contributed by atoms with Gasteiger partial charge >= 0.3 is 5.97 Å². The second kappa shape index (κ2) is 5.14. The molecule has 0 rings (SSSR count). The molecule has 3 nitrogen and oxygen atoms in total. The molecule has 0 heterocycles. The number of rotatable bonds is 4. The van der Waals surface area contributed by atoms with Crippen molar-refractivity contribution in [3.8, 4) is 0 Å². The van der Waals surface area contributed by atoms with E-state index in [1.54, 1.807) is 0 Å². The van der Waals surface area contributed by atoms with Crippen LogP contribution in [0.25, 0.3) is 0 Å². The van der Waals surface area contributed by atoms with E-state index in [4.69, 9.17) is 10.5 Å². The van der Waals surface area contributed by atoms with Crippen LogP contribution in [0.2, 0.25) is 0 Å². The predicted molar refractivity (Wildman–Crippen MR) is 48.6 cm³/mol. The first-order chi connectivity index (χ1) is 5.45. The molecule has 0 aromatic carbocycles. The van der Waals surface area contributed by atoms with Crippen LogP contribution in [-0.2, 0) is 9.53 Å². The van der Waals surface area contributed by atoms with Gasteiger partial charge in [-0.1, -0.05) is 27.7 Å². The molecular weight excluding hydrogens is 154 g/mol. The highest BCUT2D eigenvalue weighted by molar-refractivity contribution is 5.75. The maximum absolute atomic E-state index is 11.1. The highest BCUT2D eigenvalue weighted by atomic mass is 16.5. The summed E-state index contributed by atoms with van der Waals surface area (Å²) in [5.74, 6) is 0.219. The van der Waals surface area contributed by atoms with Gasteiger partial charge in [0.25, 0.3) is 0 Å². The fraction of sp³-hybridized carbons (Fsp3) is 0.889. The smallest absolute Gasteiger partial charge is 0.323 e. The van der Waals surface area contributed by atoms with Crippen LogP contribution in [0.3, 0.4) is 0 Å². The van der Waals surface area contributed by atoms with Crippen LogP contribution in [0.5, 0.6) is 0 Å². The Morgan fingerprint density at radius 3 is 2.17 bits per heavy atom. The van der Waals surface area contributed by atoms with Crippen molar-refractivity contribution in [2.24, 2.45) is 17.6 Å². The van der Waals surface area contributed by atoms with Crippen LogP contribution in [0.1, 0.15) is 27.7 Å². The van der Waals surface area contributed by atoms with Crippen molar-refractivity contribution in [2.45, 2.75) is 33.7 Å². The fourth-order valence-electron chi connectivity index (χ4n) is 0.617. The molecule has 1 atom stereocenters. The zero-order valence-corrected chi connectivity index (χ0v) is 8.33. The summed E-state index contributed by atoms with van der Waals surface area (Å²) in [4.78, 5) is 11.1. The molecular formula is C9H19NO2. The summed E-state index contributed by atoms with van der Waals surface area (Å²) >= 11 is 0. The van der Waals surface area contributed by atoms with Crippen LogP contribution in [-0.4, -0.2) is 18.6 Å². The van der Waals surface area contributed by atoms with Gasteiger partial charge in [0.2, 0.25) is 0 Å². The molecule has 3 heteroatoms. The zero-order valence-electron chi connectivity index (χ0n) is 8.33. The van der Waals surface area contributed by atoms with E-state index in [0.717, 1.165) is 0 Å². The highest BCUT2D eigenvalue weighted by Gasteiger charge is 2.18. The van der Waals surface area contributed by atoms with Gasteiger partial charge in [-0.25, -0.2) is 0 Å². The molecule has 0 spiro atoms. The van der Waals surface area contributed by atoms with Crippen molar-refractivity contribution in [1.82, 2.24) is 0 Å². The standard InChI is InChI=1S/C9H19NO2/c1-6(2)5-12-9(11)8(10)7(3)4/h6-8H,5,10H2,1-4H3/t8-/m0/s1. The quantitative estimate of drug-likeness (QED) is 0.649. The van der Waals surface area contributed by atoms with Gasteiger partial charge in [0.1, 0.15) is 6.04 Å². The lowest BCUT2D eigenvalue weighted by Gasteiger charge is -2.15. The van der Waals surface area contributed by atoms with Crippen molar-refractivity contribution in [2.75, 3.05) is 6.61 Å². The Labute approximate surface area is 74.3 Å². The van der Waals surface area contributed by atoms with E-state index < -0.39 is 6.04 Å². The van der Waals surface area contributed by atoms with Crippen molar-refractivity contribution in [1.29, 1.82) is 0 Å². The highest BCUT2D eigenvalue weighted by Crippen LogP contribution is 2.02. The van der Waals surface area contributed by atoms with E-state index in [1.807, 2.05) is 27.7 Å². The van der Waals surface area contributed by atoms with E-state index in [2.05, 4.69) is 0 Å². The summed E-state index contributed by atoms with van der Waals surface area (Å²) in [7, 11) is 0. The monoisotopic (exact) mass is 173 g/mol. The molecule has 0 amide bonds. The van der Waals surface area contributed by atoms with Gasteiger partial charge in [-0.05, 0) is 11.8 Å². The Morgan fingerprint density at radius 2 is 1.83 bits per heavy atom. The number of esters is 1. The maximum atomic E-state index is 11.1. The van der Waals surface area contributed by atoms with Crippen LogP contribution < -0.4 is 5.73 Å². The summed E-state index contributed by atoms with van der Waals surface area (Å²) in [6.45, 7) is 8.25. The Balaban J connectivity index is 3.72. The minimum atomic E-state index is -0.483. The Morgan fingerprint density at radius 1 is 1.33 bits per heavy atom. The molecule has 0 fully saturated rings. The molecule has 72 valence electrons. The first-order valence-electron chi connectivity index (χ1n) is 4.37. The van der Waals surface area contributed by atoms with Crippen molar-refractivity contribution in [3.63, 3.8) is 0 Å². The van der Waals surface area contributed by atoms with E-state index in [1.165, 1.54) is 0 Å². The molecule has 0 aliphatic rings. The number of hydrogen-bond acceptors (Lipinski definition) is 3. The van der Waals surface area contributed by atoms with Gasteiger partial charge in [-0.2, -0.15) is 0 Å². The second-order valence-corrected chi connectivity index (χ2v) is 3.79. The molecule has 12 heavy (non-hydrogen) atoms. The van der Waals surface area contributed by atoms with Crippen molar-refractivity contribution in [3.05, 3.63) is 0 Å². The first-order valence-corrected chi connectivity index (χ1v) is 4.37. The third kappa shape index (κ3) is 4.34. The maximum Gasteiger partial charge on any atom is 0.323 e. The summed E-state index contributed by atoms with van der Waals surface area (Å²) < 4.78 is 4.96. The largest absolute Gasteiger partial charge is 0.464 e.